The number of hydrogen-bond acceptors (Lipinski definition) is 3. The Morgan fingerprint density at radius 3 is 2.67 bits per heavy atom. The van der Waals surface area contributed by atoms with E-state index in [9.17, 15) is 5.11 Å². The third-order valence-electron chi connectivity index (χ3n) is 4.05. The number of aliphatic hydroxyl groups excluding tert-OH is 1. The largest absolute Gasteiger partial charge is 0.393 e. The molecule has 108 valence electrons. The summed E-state index contributed by atoms with van der Waals surface area (Å²) < 4.78 is 5.62. The lowest BCUT2D eigenvalue weighted by Gasteiger charge is -2.40. The molecular formula is C15H31NO2. The molecule has 3 atom stereocenters. The summed E-state index contributed by atoms with van der Waals surface area (Å²) in [5.74, 6) is 0.752. The molecule has 0 saturated heterocycles. The second-order valence-electron chi connectivity index (χ2n) is 5.98. The van der Waals surface area contributed by atoms with Gasteiger partial charge in [-0.05, 0) is 52.5 Å². The van der Waals surface area contributed by atoms with Gasteiger partial charge in [0.15, 0.2) is 0 Å². The van der Waals surface area contributed by atoms with E-state index in [1.165, 1.54) is 19.3 Å². The molecule has 1 fully saturated rings. The minimum Gasteiger partial charge on any atom is -0.393 e. The fraction of sp³-hybridized carbons (Fsp3) is 1.00. The molecule has 0 radical (unpaired) electrons. The van der Waals surface area contributed by atoms with Gasteiger partial charge >= 0.3 is 0 Å². The third kappa shape index (κ3) is 5.25. The van der Waals surface area contributed by atoms with Crippen LogP contribution in [-0.2, 0) is 4.74 Å². The average molecular weight is 257 g/mol. The molecule has 3 unspecified atom stereocenters. The minimum absolute atomic E-state index is 0.100. The van der Waals surface area contributed by atoms with Crippen LogP contribution >= 0.6 is 0 Å². The van der Waals surface area contributed by atoms with Crippen molar-refractivity contribution < 1.29 is 9.84 Å². The predicted octanol–water partition coefficient (Wildman–Crippen LogP) is 2.67. The quantitative estimate of drug-likeness (QED) is 0.761. The van der Waals surface area contributed by atoms with Crippen LogP contribution in [0.2, 0.25) is 0 Å². The van der Waals surface area contributed by atoms with Crippen molar-refractivity contribution in [2.24, 2.45) is 5.92 Å². The lowest BCUT2D eigenvalue weighted by Crippen LogP contribution is -2.45. The van der Waals surface area contributed by atoms with Gasteiger partial charge < -0.3 is 14.7 Å². The number of likely N-dealkylation sites (N-methyl/N-ethyl adjacent to an activating group) is 1. The Morgan fingerprint density at radius 2 is 2.06 bits per heavy atom. The van der Waals surface area contributed by atoms with Gasteiger partial charge in [-0.1, -0.05) is 13.3 Å². The van der Waals surface area contributed by atoms with Gasteiger partial charge in [0.05, 0.1) is 18.8 Å². The van der Waals surface area contributed by atoms with Crippen molar-refractivity contribution in [2.45, 2.75) is 71.1 Å². The number of aliphatic hydroxyl groups is 1. The van der Waals surface area contributed by atoms with Crippen LogP contribution in [0, 0.1) is 5.92 Å². The Hall–Kier alpha value is -0.120. The van der Waals surface area contributed by atoms with E-state index in [0.717, 1.165) is 31.9 Å². The van der Waals surface area contributed by atoms with Crippen LogP contribution < -0.4 is 0 Å². The van der Waals surface area contributed by atoms with E-state index in [-0.39, 0.29) is 6.10 Å². The zero-order chi connectivity index (χ0) is 13.5. The predicted molar refractivity (Wildman–Crippen MR) is 75.8 cm³/mol. The smallest absolute Gasteiger partial charge is 0.0596 e. The number of hydrogen-bond donors (Lipinski definition) is 1. The maximum Gasteiger partial charge on any atom is 0.0596 e. The van der Waals surface area contributed by atoms with Gasteiger partial charge in [-0.25, -0.2) is 0 Å². The highest BCUT2D eigenvalue weighted by atomic mass is 16.5. The highest BCUT2D eigenvalue weighted by Crippen LogP contribution is 2.31. The fourth-order valence-corrected chi connectivity index (χ4v) is 3.03. The molecule has 0 aromatic heterocycles. The standard InChI is InChI=1S/C15H31NO2/c1-5-6-13-7-8-14(17)11-15(13)16(4)9-10-18-12(2)3/h12-15,17H,5-11H2,1-4H3. The molecule has 1 rings (SSSR count). The lowest BCUT2D eigenvalue weighted by atomic mass is 9.80. The van der Waals surface area contributed by atoms with E-state index in [2.05, 4.69) is 32.7 Å². The van der Waals surface area contributed by atoms with Crippen LogP contribution in [0.15, 0.2) is 0 Å². The molecule has 0 aromatic rings. The summed E-state index contributed by atoms with van der Waals surface area (Å²) in [6, 6.07) is 0.532. The first-order valence-electron chi connectivity index (χ1n) is 7.54. The first kappa shape index (κ1) is 15.9. The Bertz CT molecular complexity index is 221. The zero-order valence-electron chi connectivity index (χ0n) is 12.6. The summed E-state index contributed by atoms with van der Waals surface area (Å²) in [4.78, 5) is 2.39. The maximum absolute atomic E-state index is 9.87. The van der Waals surface area contributed by atoms with Crippen molar-refractivity contribution in [3.05, 3.63) is 0 Å². The van der Waals surface area contributed by atoms with Crippen molar-refractivity contribution in [2.75, 3.05) is 20.2 Å². The van der Waals surface area contributed by atoms with Gasteiger partial charge in [0.1, 0.15) is 0 Å². The van der Waals surface area contributed by atoms with Crippen LogP contribution in [-0.4, -0.2) is 48.5 Å². The van der Waals surface area contributed by atoms with Gasteiger partial charge in [0.25, 0.3) is 0 Å². The van der Waals surface area contributed by atoms with Crippen molar-refractivity contribution in [1.82, 2.24) is 4.90 Å². The van der Waals surface area contributed by atoms with Crippen LogP contribution in [0.4, 0.5) is 0 Å². The van der Waals surface area contributed by atoms with Crippen LogP contribution in [0.3, 0.4) is 0 Å². The zero-order valence-corrected chi connectivity index (χ0v) is 12.6. The molecule has 1 aliphatic carbocycles. The normalized spacial score (nSPS) is 29.2. The highest BCUT2D eigenvalue weighted by molar-refractivity contribution is 4.85. The summed E-state index contributed by atoms with van der Waals surface area (Å²) in [5, 5.41) is 9.87. The molecule has 0 amide bonds. The maximum atomic E-state index is 9.87. The van der Waals surface area contributed by atoms with E-state index >= 15 is 0 Å². The summed E-state index contributed by atoms with van der Waals surface area (Å²) in [6.45, 7) is 8.16. The molecule has 0 aromatic carbocycles. The molecule has 1 saturated carbocycles. The van der Waals surface area contributed by atoms with Crippen molar-refractivity contribution in [1.29, 1.82) is 0 Å². The Labute approximate surface area is 113 Å². The van der Waals surface area contributed by atoms with Gasteiger partial charge in [0.2, 0.25) is 0 Å². The first-order valence-corrected chi connectivity index (χ1v) is 7.54. The fourth-order valence-electron chi connectivity index (χ4n) is 3.03. The van der Waals surface area contributed by atoms with E-state index in [1.54, 1.807) is 0 Å². The van der Waals surface area contributed by atoms with Gasteiger partial charge in [-0.15, -0.1) is 0 Å². The Balaban J connectivity index is 2.42. The van der Waals surface area contributed by atoms with Crippen molar-refractivity contribution in [3.63, 3.8) is 0 Å². The van der Waals surface area contributed by atoms with Crippen LogP contribution in [0.1, 0.15) is 52.9 Å². The molecule has 3 heteroatoms. The van der Waals surface area contributed by atoms with Crippen molar-refractivity contribution in [3.8, 4) is 0 Å². The lowest BCUT2D eigenvalue weighted by molar-refractivity contribution is 0.0103. The van der Waals surface area contributed by atoms with E-state index < -0.39 is 0 Å². The molecule has 3 nitrogen and oxygen atoms in total. The Kier molecular flexibility index (Phi) is 7.20. The van der Waals surface area contributed by atoms with Gasteiger partial charge in [0, 0.05) is 12.6 Å². The van der Waals surface area contributed by atoms with Crippen LogP contribution in [0.25, 0.3) is 0 Å². The van der Waals surface area contributed by atoms with E-state index in [1.807, 2.05) is 0 Å². The minimum atomic E-state index is -0.100. The molecule has 0 bridgehead atoms. The average Bonchev–Trinajstić information content (AvgIpc) is 2.31. The van der Waals surface area contributed by atoms with Gasteiger partial charge in [-0.3, -0.25) is 0 Å². The molecule has 0 aliphatic heterocycles. The monoisotopic (exact) mass is 257 g/mol. The number of nitrogens with zero attached hydrogens (tertiary/aromatic N) is 1. The molecule has 1 N–H and O–H groups in total. The molecule has 0 heterocycles. The highest BCUT2D eigenvalue weighted by Gasteiger charge is 2.31. The summed E-state index contributed by atoms with van der Waals surface area (Å²) in [6.07, 6.45) is 5.83. The van der Waals surface area contributed by atoms with Crippen molar-refractivity contribution >= 4 is 0 Å². The molecule has 18 heavy (non-hydrogen) atoms. The molecule has 1 aliphatic rings. The Morgan fingerprint density at radius 1 is 1.33 bits per heavy atom. The van der Waals surface area contributed by atoms with E-state index in [0.29, 0.717) is 12.1 Å². The second kappa shape index (κ2) is 8.13. The summed E-state index contributed by atoms with van der Waals surface area (Å²) in [5.41, 5.74) is 0. The van der Waals surface area contributed by atoms with E-state index in [4.69, 9.17) is 4.74 Å². The summed E-state index contributed by atoms with van der Waals surface area (Å²) >= 11 is 0. The first-order chi connectivity index (χ1) is 8.54. The SMILES string of the molecule is CCCC1CCC(O)CC1N(C)CCOC(C)C. The molecular weight excluding hydrogens is 226 g/mol. The molecule has 0 spiro atoms. The number of rotatable bonds is 7. The third-order valence-corrected chi connectivity index (χ3v) is 4.05. The second-order valence-corrected chi connectivity index (χ2v) is 5.98. The van der Waals surface area contributed by atoms with Crippen LogP contribution in [0.5, 0.6) is 0 Å². The topological polar surface area (TPSA) is 32.7 Å². The van der Waals surface area contributed by atoms with Gasteiger partial charge in [-0.2, -0.15) is 0 Å². The summed E-state index contributed by atoms with van der Waals surface area (Å²) in [7, 11) is 2.18. The number of ether oxygens (including phenoxy) is 1.